The Hall–Kier alpha value is -1.03. The van der Waals surface area contributed by atoms with Crippen LogP contribution in [-0.2, 0) is 0 Å². The van der Waals surface area contributed by atoms with E-state index in [9.17, 15) is 4.79 Å². The molecule has 11 heavy (non-hydrogen) atoms. The topological polar surface area (TPSA) is 49.3 Å². The smallest absolute Gasteiger partial charge is 0.264 e. The van der Waals surface area contributed by atoms with Crippen molar-refractivity contribution in [2.75, 3.05) is 0 Å². The zero-order valence-corrected chi connectivity index (χ0v) is 7.13. The van der Waals surface area contributed by atoms with E-state index in [0.717, 1.165) is 0 Å². The second-order valence-electron chi connectivity index (χ2n) is 1.94. The molecular formula is C7H6BrNO2. The summed E-state index contributed by atoms with van der Waals surface area (Å²) in [6, 6.07) is 6.32. The number of rotatable bonds is 1. The zero-order valence-electron chi connectivity index (χ0n) is 5.54. The van der Waals surface area contributed by atoms with E-state index in [0.29, 0.717) is 0 Å². The highest BCUT2D eigenvalue weighted by Gasteiger charge is 2.06. The van der Waals surface area contributed by atoms with Crippen molar-refractivity contribution in [3.63, 3.8) is 0 Å². The van der Waals surface area contributed by atoms with Crippen molar-refractivity contribution < 1.29 is 9.90 Å². The van der Waals surface area contributed by atoms with Crippen LogP contribution < -0.4 is 4.34 Å². The van der Waals surface area contributed by atoms with Gasteiger partial charge in [-0.15, -0.1) is 0 Å². The fourth-order valence-corrected chi connectivity index (χ4v) is 0.930. The molecule has 0 radical (unpaired) electrons. The molecule has 1 aromatic carbocycles. The van der Waals surface area contributed by atoms with E-state index >= 15 is 0 Å². The summed E-state index contributed by atoms with van der Waals surface area (Å²) in [5.41, 5.74) is 0.254. The predicted octanol–water partition coefficient (Wildman–Crippen LogP) is 1.43. The second-order valence-corrected chi connectivity index (χ2v) is 2.34. The summed E-state index contributed by atoms with van der Waals surface area (Å²) in [5.74, 6) is -0.382. The van der Waals surface area contributed by atoms with Crippen LogP contribution in [-0.4, -0.2) is 11.0 Å². The van der Waals surface area contributed by atoms with Gasteiger partial charge in [-0.1, -0.05) is 12.1 Å². The lowest BCUT2D eigenvalue weighted by molar-refractivity contribution is 0.0984. The number of halogens is 1. The van der Waals surface area contributed by atoms with Gasteiger partial charge in [-0.3, -0.25) is 9.14 Å². The minimum atomic E-state index is -0.358. The number of para-hydroxylation sites is 1. The third kappa shape index (κ3) is 1.71. The van der Waals surface area contributed by atoms with Gasteiger partial charge in [0.25, 0.3) is 5.91 Å². The van der Waals surface area contributed by atoms with Crippen molar-refractivity contribution in [2.45, 2.75) is 0 Å². The first-order valence-electron chi connectivity index (χ1n) is 2.94. The highest BCUT2D eigenvalue weighted by atomic mass is 79.9. The number of carbonyl (C=O) groups excluding carboxylic acids is 1. The SMILES string of the molecule is O=C(NBr)c1ccccc1O. The summed E-state index contributed by atoms with van der Waals surface area (Å²) in [4.78, 5) is 10.9. The van der Waals surface area contributed by atoms with Gasteiger partial charge < -0.3 is 5.11 Å². The molecule has 0 aliphatic rings. The quantitative estimate of drug-likeness (QED) is 0.697. The summed E-state index contributed by atoms with van der Waals surface area (Å²) < 4.78 is 2.24. The first-order chi connectivity index (χ1) is 5.25. The molecule has 1 amide bonds. The molecule has 0 aromatic heterocycles. The van der Waals surface area contributed by atoms with E-state index in [1.165, 1.54) is 12.1 Å². The summed E-state index contributed by atoms with van der Waals surface area (Å²) in [5, 5.41) is 9.13. The normalized spacial score (nSPS) is 9.18. The third-order valence-corrected chi connectivity index (χ3v) is 1.59. The van der Waals surface area contributed by atoms with E-state index in [-0.39, 0.29) is 17.2 Å². The summed E-state index contributed by atoms with van der Waals surface area (Å²) in [6.45, 7) is 0. The highest BCUT2D eigenvalue weighted by Crippen LogP contribution is 2.14. The molecule has 0 bridgehead atoms. The van der Waals surface area contributed by atoms with Crippen LogP contribution in [0.1, 0.15) is 10.4 Å². The Labute approximate surface area is 72.4 Å². The van der Waals surface area contributed by atoms with Crippen LogP contribution in [0.2, 0.25) is 0 Å². The van der Waals surface area contributed by atoms with Gasteiger partial charge in [0, 0.05) is 16.1 Å². The fraction of sp³-hybridized carbons (Fsp3) is 0. The largest absolute Gasteiger partial charge is 0.507 e. The fourth-order valence-electron chi connectivity index (χ4n) is 0.717. The number of hydrogen-bond donors (Lipinski definition) is 2. The van der Waals surface area contributed by atoms with Crippen LogP contribution in [0.4, 0.5) is 0 Å². The average Bonchev–Trinajstić information content (AvgIpc) is 2.04. The van der Waals surface area contributed by atoms with Gasteiger partial charge >= 0.3 is 0 Å². The lowest BCUT2D eigenvalue weighted by Gasteiger charge is -1.99. The molecule has 0 fully saturated rings. The Bertz CT molecular complexity index is 275. The Morgan fingerprint density at radius 1 is 1.45 bits per heavy atom. The lowest BCUT2D eigenvalue weighted by atomic mass is 10.2. The standard InChI is InChI=1S/C7H6BrNO2/c8-9-7(11)5-3-1-2-4-6(5)10/h1-4,10H,(H,9,11). The van der Waals surface area contributed by atoms with Crippen molar-refractivity contribution in [2.24, 2.45) is 0 Å². The number of aromatic hydroxyl groups is 1. The number of benzene rings is 1. The predicted molar refractivity (Wildman–Crippen MR) is 44.5 cm³/mol. The molecular weight excluding hydrogens is 210 g/mol. The monoisotopic (exact) mass is 215 g/mol. The summed E-state index contributed by atoms with van der Waals surface area (Å²) in [7, 11) is 0. The summed E-state index contributed by atoms with van der Waals surface area (Å²) in [6.07, 6.45) is 0. The molecule has 0 saturated heterocycles. The molecule has 3 nitrogen and oxygen atoms in total. The van der Waals surface area contributed by atoms with E-state index in [2.05, 4.69) is 20.5 Å². The van der Waals surface area contributed by atoms with Crippen LogP contribution in [0.25, 0.3) is 0 Å². The van der Waals surface area contributed by atoms with Gasteiger partial charge in [-0.05, 0) is 12.1 Å². The number of phenolic OH excluding ortho intramolecular Hbond substituents is 1. The molecule has 2 N–H and O–H groups in total. The van der Waals surface area contributed by atoms with Crippen molar-refractivity contribution in [3.8, 4) is 5.75 Å². The van der Waals surface area contributed by atoms with E-state index in [4.69, 9.17) is 5.11 Å². The molecule has 0 unspecified atom stereocenters. The molecule has 0 spiro atoms. The van der Waals surface area contributed by atoms with Crippen molar-refractivity contribution in [3.05, 3.63) is 29.8 Å². The number of amides is 1. The molecule has 0 heterocycles. The van der Waals surface area contributed by atoms with Crippen molar-refractivity contribution >= 4 is 22.1 Å². The van der Waals surface area contributed by atoms with E-state index in [1.807, 2.05) is 0 Å². The van der Waals surface area contributed by atoms with Crippen LogP contribution in [0, 0.1) is 0 Å². The molecule has 58 valence electrons. The molecule has 1 rings (SSSR count). The maximum Gasteiger partial charge on any atom is 0.264 e. The Morgan fingerprint density at radius 2 is 2.09 bits per heavy atom. The van der Waals surface area contributed by atoms with Crippen LogP contribution in [0.3, 0.4) is 0 Å². The number of nitrogens with one attached hydrogen (secondary N) is 1. The van der Waals surface area contributed by atoms with Gasteiger partial charge in [0.2, 0.25) is 0 Å². The van der Waals surface area contributed by atoms with Gasteiger partial charge in [-0.25, -0.2) is 0 Å². The Kier molecular flexibility index (Phi) is 2.48. The van der Waals surface area contributed by atoms with Crippen molar-refractivity contribution in [1.82, 2.24) is 4.34 Å². The molecule has 4 heteroatoms. The highest BCUT2D eigenvalue weighted by molar-refractivity contribution is 9.08. The first-order valence-corrected chi connectivity index (χ1v) is 3.74. The van der Waals surface area contributed by atoms with E-state index in [1.54, 1.807) is 12.1 Å². The molecule has 0 aliphatic carbocycles. The van der Waals surface area contributed by atoms with Crippen LogP contribution >= 0.6 is 16.1 Å². The third-order valence-electron chi connectivity index (χ3n) is 1.23. The van der Waals surface area contributed by atoms with Crippen LogP contribution in [0.15, 0.2) is 24.3 Å². The lowest BCUT2D eigenvalue weighted by Crippen LogP contribution is -2.11. The second kappa shape index (κ2) is 3.39. The minimum absolute atomic E-state index is 0.0237. The van der Waals surface area contributed by atoms with Gasteiger partial charge in [-0.2, -0.15) is 0 Å². The first kappa shape index (κ1) is 8.07. The summed E-state index contributed by atoms with van der Waals surface area (Å²) >= 11 is 2.77. The van der Waals surface area contributed by atoms with Gasteiger partial charge in [0.1, 0.15) is 5.75 Å². The Balaban J connectivity index is 3.03. The number of hydrogen-bond acceptors (Lipinski definition) is 2. The Morgan fingerprint density at radius 3 is 2.64 bits per heavy atom. The van der Waals surface area contributed by atoms with E-state index < -0.39 is 0 Å². The minimum Gasteiger partial charge on any atom is -0.507 e. The molecule has 0 atom stereocenters. The van der Waals surface area contributed by atoms with Crippen molar-refractivity contribution in [1.29, 1.82) is 0 Å². The number of carbonyl (C=O) groups is 1. The molecule has 1 aromatic rings. The maximum atomic E-state index is 10.9. The zero-order chi connectivity index (χ0) is 8.27. The number of phenols is 1. The van der Waals surface area contributed by atoms with Gasteiger partial charge in [0.15, 0.2) is 0 Å². The maximum absolute atomic E-state index is 10.9. The van der Waals surface area contributed by atoms with Gasteiger partial charge in [0.05, 0.1) is 5.56 Å². The molecule has 0 aliphatic heterocycles. The van der Waals surface area contributed by atoms with Crippen LogP contribution in [0.5, 0.6) is 5.75 Å². The average molecular weight is 216 g/mol. The molecule has 0 saturated carbocycles.